The number of ether oxygens (including phenoxy) is 1. The highest BCUT2D eigenvalue weighted by Gasteiger charge is 2.15. The van der Waals surface area contributed by atoms with E-state index in [0.717, 1.165) is 25.1 Å². The van der Waals surface area contributed by atoms with Crippen LogP contribution in [0.5, 0.6) is 5.75 Å². The summed E-state index contributed by atoms with van der Waals surface area (Å²) in [5, 5.41) is 3.56. The molecule has 0 fully saturated rings. The SMILES string of the molecule is COc1cc(C)c(C)cc1CCNC(C)(C)CCN. The molecule has 1 aromatic rings. The first-order valence-electron chi connectivity index (χ1n) is 6.99. The summed E-state index contributed by atoms with van der Waals surface area (Å²) < 4.78 is 5.46. The lowest BCUT2D eigenvalue weighted by molar-refractivity contribution is 0.367. The zero-order valence-electron chi connectivity index (χ0n) is 13.0. The standard InChI is InChI=1S/C16H28N2O/c1-12-10-14(15(19-5)11-13(12)2)6-9-18-16(3,4)7-8-17/h10-11,18H,6-9,17H2,1-5H3. The Morgan fingerprint density at radius 2 is 1.84 bits per heavy atom. The van der Waals surface area contributed by atoms with Gasteiger partial charge in [-0.3, -0.25) is 0 Å². The Balaban J connectivity index is 2.65. The van der Waals surface area contributed by atoms with E-state index < -0.39 is 0 Å². The third kappa shape index (κ3) is 4.84. The molecule has 0 aliphatic carbocycles. The molecule has 0 aromatic heterocycles. The van der Waals surface area contributed by atoms with Crippen LogP contribution in [0, 0.1) is 13.8 Å². The van der Waals surface area contributed by atoms with Gasteiger partial charge in [-0.25, -0.2) is 0 Å². The van der Waals surface area contributed by atoms with Crippen molar-refractivity contribution < 1.29 is 4.74 Å². The van der Waals surface area contributed by atoms with Crippen molar-refractivity contribution in [3.63, 3.8) is 0 Å². The first-order valence-corrected chi connectivity index (χ1v) is 6.99. The molecule has 3 nitrogen and oxygen atoms in total. The summed E-state index contributed by atoms with van der Waals surface area (Å²) in [7, 11) is 1.74. The summed E-state index contributed by atoms with van der Waals surface area (Å²) in [6, 6.07) is 4.35. The zero-order valence-corrected chi connectivity index (χ0v) is 13.0. The van der Waals surface area contributed by atoms with E-state index in [1.165, 1.54) is 16.7 Å². The maximum Gasteiger partial charge on any atom is 0.122 e. The highest BCUT2D eigenvalue weighted by atomic mass is 16.5. The van der Waals surface area contributed by atoms with E-state index in [4.69, 9.17) is 10.5 Å². The van der Waals surface area contributed by atoms with Crippen LogP contribution >= 0.6 is 0 Å². The van der Waals surface area contributed by atoms with Gasteiger partial charge >= 0.3 is 0 Å². The number of hydrogen-bond donors (Lipinski definition) is 2. The molecule has 0 bridgehead atoms. The molecule has 0 atom stereocenters. The molecule has 0 saturated heterocycles. The van der Waals surface area contributed by atoms with Crippen LogP contribution < -0.4 is 15.8 Å². The number of nitrogens with one attached hydrogen (secondary N) is 1. The Kier molecular flexibility index (Phi) is 5.83. The predicted octanol–water partition coefficient (Wildman–Crippen LogP) is 2.57. The smallest absolute Gasteiger partial charge is 0.122 e. The predicted molar refractivity (Wildman–Crippen MR) is 81.9 cm³/mol. The van der Waals surface area contributed by atoms with Crippen molar-refractivity contribution in [2.75, 3.05) is 20.2 Å². The molecule has 0 unspecified atom stereocenters. The van der Waals surface area contributed by atoms with E-state index in [1.54, 1.807) is 7.11 Å². The Hall–Kier alpha value is -1.06. The summed E-state index contributed by atoms with van der Waals surface area (Å²) in [6.07, 6.45) is 1.95. The molecular weight excluding hydrogens is 236 g/mol. The van der Waals surface area contributed by atoms with Gasteiger partial charge in [0, 0.05) is 5.54 Å². The van der Waals surface area contributed by atoms with Gasteiger partial charge in [0.2, 0.25) is 0 Å². The fourth-order valence-electron chi connectivity index (χ4n) is 2.22. The first kappa shape index (κ1) is 16.0. The van der Waals surface area contributed by atoms with E-state index >= 15 is 0 Å². The summed E-state index contributed by atoms with van der Waals surface area (Å²) in [6.45, 7) is 10.3. The van der Waals surface area contributed by atoms with E-state index in [2.05, 4.69) is 45.1 Å². The van der Waals surface area contributed by atoms with Gasteiger partial charge in [0.05, 0.1) is 7.11 Å². The van der Waals surface area contributed by atoms with E-state index in [-0.39, 0.29) is 5.54 Å². The molecule has 1 aromatic carbocycles. The van der Waals surface area contributed by atoms with Gasteiger partial charge in [0.15, 0.2) is 0 Å². The Labute approximate surface area is 117 Å². The highest BCUT2D eigenvalue weighted by molar-refractivity contribution is 5.41. The van der Waals surface area contributed by atoms with Gasteiger partial charge in [-0.1, -0.05) is 6.07 Å². The third-order valence-electron chi connectivity index (χ3n) is 3.66. The fraction of sp³-hybridized carbons (Fsp3) is 0.625. The van der Waals surface area contributed by atoms with Crippen LogP contribution in [0.1, 0.15) is 37.0 Å². The molecule has 0 aliphatic heterocycles. The maximum absolute atomic E-state index is 5.62. The summed E-state index contributed by atoms with van der Waals surface area (Å²) in [5.41, 5.74) is 9.58. The van der Waals surface area contributed by atoms with Crippen molar-refractivity contribution >= 4 is 0 Å². The second kappa shape index (κ2) is 6.92. The van der Waals surface area contributed by atoms with E-state index in [1.807, 2.05) is 0 Å². The fourth-order valence-corrected chi connectivity index (χ4v) is 2.22. The lowest BCUT2D eigenvalue weighted by Gasteiger charge is -2.26. The number of aryl methyl sites for hydroxylation is 2. The van der Waals surface area contributed by atoms with Crippen molar-refractivity contribution in [2.24, 2.45) is 5.73 Å². The summed E-state index contributed by atoms with van der Waals surface area (Å²) in [4.78, 5) is 0. The molecule has 0 aliphatic rings. The molecule has 0 saturated carbocycles. The Morgan fingerprint density at radius 3 is 2.42 bits per heavy atom. The normalized spacial score (nSPS) is 11.7. The van der Waals surface area contributed by atoms with Gasteiger partial charge in [-0.05, 0) is 76.4 Å². The van der Waals surface area contributed by atoms with Crippen LogP contribution in [-0.2, 0) is 6.42 Å². The van der Waals surface area contributed by atoms with Gasteiger partial charge < -0.3 is 15.8 Å². The highest BCUT2D eigenvalue weighted by Crippen LogP contribution is 2.23. The van der Waals surface area contributed by atoms with Gasteiger partial charge in [-0.15, -0.1) is 0 Å². The molecule has 0 radical (unpaired) electrons. The topological polar surface area (TPSA) is 47.3 Å². The van der Waals surface area contributed by atoms with Gasteiger partial charge in [0.25, 0.3) is 0 Å². The third-order valence-corrected chi connectivity index (χ3v) is 3.66. The van der Waals surface area contributed by atoms with Crippen molar-refractivity contribution in [1.82, 2.24) is 5.32 Å². The number of hydrogen-bond acceptors (Lipinski definition) is 3. The van der Waals surface area contributed by atoms with E-state index in [9.17, 15) is 0 Å². The van der Waals surface area contributed by atoms with E-state index in [0.29, 0.717) is 6.54 Å². The van der Waals surface area contributed by atoms with Crippen LogP contribution in [0.3, 0.4) is 0 Å². The van der Waals surface area contributed by atoms with Crippen LogP contribution in [0.4, 0.5) is 0 Å². The second-order valence-electron chi connectivity index (χ2n) is 5.85. The molecule has 0 spiro atoms. The maximum atomic E-state index is 5.62. The van der Waals surface area contributed by atoms with Crippen molar-refractivity contribution in [2.45, 2.75) is 46.1 Å². The average Bonchev–Trinajstić information content (AvgIpc) is 2.33. The zero-order chi connectivity index (χ0) is 14.5. The minimum atomic E-state index is 0.0989. The summed E-state index contributed by atoms with van der Waals surface area (Å²) in [5.74, 6) is 0.988. The molecule has 3 heteroatoms. The van der Waals surface area contributed by atoms with Crippen LogP contribution in [-0.4, -0.2) is 25.7 Å². The average molecular weight is 264 g/mol. The minimum Gasteiger partial charge on any atom is -0.496 e. The van der Waals surface area contributed by atoms with Crippen LogP contribution in [0.15, 0.2) is 12.1 Å². The number of benzene rings is 1. The molecule has 0 amide bonds. The van der Waals surface area contributed by atoms with Crippen LogP contribution in [0.25, 0.3) is 0 Å². The Morgan fingerprint density at radius 1 is 1.21 bits per heavy atom. The van der Waals surface area contributed by atoms with Gasteiger partial charge in [0.1, 0.15) is 5.75 Å². The van der Waals surface area contributed by atoms with Crippen LogP contribution in [0.2, 0.25) is 0 Å². The molecule has 19 heavy (non-hydrogen) atoms. The molecule has 1 rings (SSSR count). The Bertz CT molecular complexity index is 413. The molecular formula is C16H28N2O. The molecule has 0 heterocycles. The minimum absolute atomic E-state index is 0.0989. The summed E-state index contributed by atoms with van der Waals surface area (Å²) >= 11 is 0. The number of rotatable bonds is 7. The lowest BCUT2D eigenvalue weighted by atomic mass is 9.99. The monoisotopic (exact) mass is 264 g/mol. The molecule has 3 N–H and O–H groups in total. The van der Waals surface area contributed by atoms with Crippen molar-refractivity contribution in [3.8, 4) is 5.75 Å². The largest absolute Gasteiger partial charge is 0.496 e. The number of methoxy groups -OCH3 is 1. The second-order valence-corrected chi connectivity index (χ2v) is 5.85. The lowest BCUT2D eigenvalue weighted by Crippen LogP contribution is -2.42. The number of nitrogens with two attached hydrogens (primary N) is 1. The van der Waals surface area contributed by atoms with Crippen molar-refractivity contribution in [3.05, 3.63) is 28.8 Å². The first-order chi connectivity index (χ1) is 8.89. The quantitative estimate of drug-likeness (QED) is 0.795. The molecule has 108 valence electrons. The van der Waals surface area contributed by atoms with Crippen molar-refractivity contribution in [1.29, 1.82) is 0 Å². The van der Waals surface area contributed by atoms with Gasteiger partial charge in [-0.2, -0.15) is 0 Å².